The first-order chi connectivity index (χ1) is 19.8. The second-order valence-electron chi connectivity index (χ2n) is 13.2. The van der Waals surface area contributed by atoms with Gasteiger partial charge in [-0.05, 0) is 25.7 Å². The van der Waals surface area contributed by atoms with Crippen molar-refractivity contribution in [3.05, 3.63) is 12.4 Å². The van der Waals surface area contributed by atoms with Crippen LogP contribution in [0.3, 0.4) is 0 Å². The summed E-state index contributed by atoms with van der Waals surface area (Å²) in [7, 11) is 0. The highest BCUT2D eigenvalue weighted by Crippen LogP contribution is 2.24. The summed E-state index contributed by atoms with van der Waals surface area (Å²) in [6, 6.07) is 0. The average molecular weight is 561 g/mol. The monoisotopic (exact) mass is 561 g/mol. The Kier molecular flexibility index (Phi) is 27.9. The second-order valence-corrected chi connectivity index (χ2v) is 13.2. The molecule has 0 fully saturated rings. The van der Waals surface area contributed by atoms with Gasteiger partial charge in [0.05, 0.1) is 0 Å². The van der Waals surface area contributed by atoms with Gasteiger partial charge in [-0.1, -0.05) is 188 Å². The maximum atomic E-state index is 2.70. The van der Waals surface area contributed by atoms with E-state index in [1.807, 2.05) is 0 Å². The summed E-state index contributed by atoms with van der Waals surface area (Å²) in [5.74, 6) is 0. The van der Waals surface area contributed by atoms with Gasteiger partial charge < -0.3 is 9.80 Å². The Balaban J connectivity index is 2.13. The fraction of sp³-hybridized carbons (Fsp3) is 0.947. The lowest BCUT2D eigenvalue weighted by molar-refractivity contribution is 0.135. The first kappa shape index (κ1) is 37.4. The number of hydrogen-bond donors (Lipinski definition) is 0. The molecule has 40 heavy (non-hydrogen) atoms. The molecule has 0 aromatic rings. The fourth-order valence-corrected chi connectivity index (χ4v) is 6.54. The molecule has 0 N–H and O–H groups in total. The zero-order chi connectivity index (χ0) is 28.8. The normalized spacial score (nSPS) is 15.1. The molecule has 0 amide bonds. The number of rotatable bonds is 32. The number of unbranched alkanes of at least 4 members (excludes halogenated alkanes) is 26. The van der Waals surface area contributed by atoms with Crippen LogP contribution in [0.25, 0.3) is 0 Å². The van der Waals surface area contributed by atoms with Crippen LogP contribution in [0, 0.1) is 0 Å². The molecule has 1 rings (SSSR count). The zero-order valence-corrected chi connectivity index (χ0v) is 28.3. The lowest BCUT2D eigenvalue weighted by Gasteiger charge is -2.33. The van der Waals surface area contributed by atoms with E-state index in [4.69, 9.17) is 0 Å². The Bertz CT molecular complexity index is 516. The van der Waals surface area contributed by atoms with Gasteiger partial charge in [0.25, 0.3) is 0 Å². The van der Waals surface area contributed by atoms with Crippen LogP contribution in [0.15, 0.2) is 12.4 Å². The minimum Gasteiger partial charge on any atom is -0.356 e. The second kappa shape index (κ2) is 29.8. The van der Waals surface area contributed by atoms with Gasteiger partial charge in [0.1, 0.15) is 6.17 Å². The fourth-order valence-electron chi connectivity index (χ4n) is 6.54. The molecular weight excluding hydrogens is 484 g/mol. The molecule has 0 bridgehead atoms. The van der Waals surface area contributed by atoms with E-state index in [0.29, 0.717) is 6.17 Å². The van der Waals surface area contributed by atoms with Crippen molar-refractivity contribution in [1.29, 1.82) is 0 Å². The highest BCUT2D eigenvalue weighted by Gasteiger charge is 2.24. The number of nitrogens with zero attached hydrogens (tertiary/aromatic N) is 2. The van der Waals surface area contributed by atoms with Crippen LogP contribution in [0.4, 0.5) is 0 Å². The quantitative estimate of drug-likeness (QED) is 0.0755. The summed E-state index contributed by atoms with van der Waals surface area (Å²) in [6.07, 6.45) is 48.4. The van der Waals surface area contributed by atoms with E-state index in [0.717, 1.165) is 0 Å². The first-order valence-electron chi connectivity index (χ1n) is 19.0. The van der Waals surface area contributed by atoms with Crippen molar-refractivity contribution < 1.29 is 0 Å². The molecule has 1 aliphatic heterocycles. The third-order valence-electron chi connectivity index (χ3n) is 9.32. The van der Waals surface area contributed by atoms with Crippen molar-refractivity contribution in [3.8, 4) is 0 Å². The van der Waals surface area contributed by atoms with Crippen LogP contribution in [0.5, 0.6) is 0 Å². The van der Waals surface area contributed by atoms with Gasteiger partial charge in [0, 0.05) is 25.5 Å². The lowest BCUT2D eigenvalue weighted by atomic mass is 10.0. The van der Waals surface area contributed by atoms with Crippen molar-refractivity contribution >= 4 is 0 Å². The van der Waals surface area contributed by atoms with Crippen molar-refractivity contribution in [2.45, 2.75) is 220 Å². The smallest absolute Gasteiger partial charge is 0.101 e. The first-order valence-corrected chi connectivity index (χ1v) is 19.0. The summed E-state index contributed by atoms with van der Waals surface area (Å²) < 4.78 is 0. The van der Waals surface area contributed by atoms with Crippen LogP contribution < -0.4 is 0 Å². The molecule has 1 atom stereocenters. The van der Waals surface area contributed by atoms with Gasteiger partial charge in [-0.15, -0.1) is 0 Å². The molecule has 0 radical (unpaired) electrons. The summed E-state index contributed by atoms with van der Waals surface area (Å²) in [5, 5.41) is 0. The standard InChI is InChI=1S/C38H76N2/c1-4-7-10-13-15-17-19-20-21-22-24-26-29-32-35-40-37-36-39(38(40)33-30-27-12-9-6-3)34-31-28-25-23-18-16-14-11-8-5-2/h36-38H,4-35H2,1-3H3. The Morgan fingerprint density at radius 3 is 0.875 bits per heavy atom. The molecular formula is C38H76N2. The van der Waals surface area contributed by atoms with Gasteiger partial charge in [-0.25, -0.2) is 0 Å². The van der Waals surface area contributed by atoms with Crippen molar-refractivity contribution in [2.24, 2.45) is 0 Å². The predicted octanol–water partition coefficient (Wildman–Crippen LogP) is 13.2. The van der Waals surface area contributed by atoms with E-state index < -0.39 is 0 Å². The summed E-state index contributed by atoms with van der Waals surface area (Å²) in [4.78, 5) is 5.41. The minimum absolute atomic E-state index is 0.641. The van der Waals surface area contributed by atoms with Crippen LogP contribution in [0.1, 0.15) is 213 Å². The van der Waals surface area contributed by atoms with Gasteiger partial charge in [-0.3, -0.25) is 0 Å². The molecule has 1 aliphatic rings. The average Bonchev–Trinajstić information content (AvgIpc) is 3.35. The highest BCUT2D eigenvalue weighted by atomic mass is 15.4. The molecule has 238 valence electrons. The molecule has 1 heterocycles. The number of hydrogen-bond acceptors (Lipinski definition) is 2. The molecule has 0 aromatic heterocycles. The third kappa shape index (κ3) is 22.0. The molecule has 2 heteroatoms. The minimum atomic E-state index is 0.641. The van der Waals surface area contributed by atoms with Gasteiger partial charge >= 0.3 is 0 Å². The van der Waals surface area contributed by atoms with Crippen LogP contribution in [0.2, 0.25) is 0 Å². The maximum Gasteiger partial charge on any atom is 0.101 e. The predicted molar refractivity (Wildman–Crippen MR) is 182 cm³/mol. The Morgan fingerprint density at radius 2 is 0.575 bits per heavy atom. The van der Waals surface area contributed by atoms with E-state index in [-0.39, 0.29) is 0 Å². The van der Waals surface area contributed by atoms with E-state index in [1.54, 1.807) is 0 Å². The Morgan fingerprint density at radius 1 is 0.325 bits per heavy atom. The summed E-state index contributed by atoms with van der Waals surface area (Å²) in [5.41, 5.74) is 0. The maximum absolute atomic E-state index is 2.70. The summed E-state index contributed by atoms with van der Waals surface area (Å²) >= 11 is 0. The molecule has 0 saturated heterocycles. The van der Waals surface area contributed by atoms with Crippen molar-refractivity contribution in [1.82, 2.24) is 9.80 Å². The Labute approximate surface area is 254 Å². The van der Waals surface area contributed by atoms with E-state index in [2.05, 4.69) is 43.0 Å². The lowest BCUT2D eigenvalue weighted by Crippen LogP contribution is -2.39. The molecule has 0 saturated carbocycles. The molecule has 0 aromatic carbocycles. The van der Waals surface area contributed by atoms with E-state index in [1.165, 1.54) is 206 Å². The van der Waals surface area contributed by atoms with Crippen LogP contribution in [-0.4, -0.2) is 29.1 Å². The Hall–Kier alpha value is -0.660. The van der Waals surface area contributed by atoms with Gasteiger partial charge in [0.2, 0.25) is 0 Å². The highest BCUT2D eigenvalue weighted by molar-refractivity contribution is 4.97. The molecule has 1 unspecified atom stereocenters. The van der Waals surface area contributed by atoms with Crippen LogP contribution >= 0.6 is 0 Å². The third-order valence-corrected chi connectivity index (χ3v) is 9.32. The van der Waals surface area contributed by atoms with E-state index >= 15 is 0 Å². The van der Waals surface area contributed by atoms with Crippen LogP contribution in [-0.2, 0) is 0 Å². The van der Waals surface area contributed by atoms with Crippen molar-refractivity contribution in [3.63, 3.8) is 0 Å². The SMILES string of the molecule is CCCCCCCCCCCCCCCCN1C=CN(CCCCCCCCCCCC)C1CCCCCCC. The zero-order valence-electron chi connectivity index (χ0n) is 28.3. The topological polar surface area (TPSA) is 6.48 Å². The largest absolute Gasteiger partial charge is 0.356 e. The van der Waals surface area contributed by atoms with E-state index in [9.17, 15) is 0 Å². The molecule has 0 aliphatic carbocycles. The van der Waals surface area contributed by atoms with Gasteiger partial charge in [0.15, 0.2) is 0 Å². The van der Waals surface area contributed by atoms with Crippen molar-refractivity contribution in [2.75, 3.05) is 13.1 Å². The van der Waals surface area contributed by atoms with Gasteiger partial charge in [-0.2, -0.15) is 0 Å². The molecule has 2 nitrogen and oxygen atoms in total. The molecule has 0 spiro atoms. The summed E-state index contributed by atoms with van der Waals surface area (Å²) in [6.45, 7) is 9.48.